The Morgan fingerprint density at radius 1 is 1.75 bits per heavy atom. The SMILES string of the molecule is C=CCNC(CN)C1CCCO1. The van der Waals surface area contributed by atoms with Gasteiger partial charge in [-0.05, 0) is 12.8 Å². The molecule has 1 fully saturated rings. The molecule has 0 aromatic rings. The molecule has 0 saturated carbocycles. The van der Waals surface area contributed by atoms with Crippen LogP contribution in [0.1, 0.15) is 12.8 Å². The monoisotopic (exact) mass is 170 g/mol. The maximum Gasteiger partial charge on any atom is 0.0741 e. The highest BCUT2D eigenvalue weighted by molar-refractivity contribution is 4.83. The molecular formula is C9H18N2O. The molecule has 1 aliphatic rings. The lowest BCUT2D eigenvalue weighted by Crippen LogP contribution is -2.45. The van der Waals surface area contributed by atoms with E-state index in [0.717, 1.165) is 26.0 Å². The second-order valence-corrected chi connectivity index (χ2v) is 3.09. The summed E-state index contributed by atoms with van der Waals surface area (Å²) >= 11 is 0. The molecule has 0 aliphatic carbocycles. The van der Waals surface area contributed by atoms with Crippen molar-refractivity contribution >= 4 is 0 Å². The molecule has 12 heavy (non-hydrogen) atoms. The minimum absolute atomic E-state index is 0.297. The molecule has 2 atom stereocenters. The van der Waals surface area contributed by atoms with Crippen LogP contribution in [0.2, 0.25) is 0 Å². The first kappa shape index (κ1) is 9.71. The van der Waals surface area contributed by atoms with Crippen LogP contribution in [-0.4, -0.2) is 31.8 Å². The second kappa shape index (κ2) is 5.30. The van der Waals surface area contributed by atoms with E-state index in [1.165, 1.54) is 0 Å². The Morgan fingerprint density at radius 3 is 3.08 bits per heavy atom. The third-order valence-corrected chi connectivity index (χ3v) is 2.19. The summed E-state index contributed by atoms with van der Waals surface area (Å²) in [5.41, 5.74) is 5.62. The zero-order valence-corrected chi connectivity index (χ0v) is 7.46. The standard InChI is InChI=1S/C9H18N2O/c1-2-5-11-8(7-10)9-4-3-6-12-9/h2,8-9,11H,1,3-7,10H2. The van der Waals surface area contributed by atoms with Crippen LogP contribution in [0.3, 0.4) is 0 Å². The first-order valence-corrected chi connectivity index (χ1v) is 4.54. The van der Waals surface area contributed by atoms with Crippen molar-refractivity contribution in [2.45, 2.75) is 25.0 Å². The quantitative estimate of drug-likeness (QED) is 0.582. The summed E-state index contributed by atoms with van der Waals surface area (Å²) in [5.74, 6) is 0. The maximum atomic E-state index is 5.62. The molecule has 0 bridgehead atoms. The zero-order valence-electron chi connectivity index (χ0n) is 7.46. The van der Waals surface area contributed by atoms with Crippen LogP contribution >= 0.6 is 0 Å². The van der Waals surface area contributed by atoms with Crippen LogP contribution in [0.5, 0.6) is 0 Å². The van der Waals surface area contributed by atoms with Crippen LogP contribution < -0.4 is 11.1 Å². The fraction of sp³-hybridized carbons (Fsp3) is 0.778. The smallest absolute Gasteiger partial charge is 0.0741 e. The van der Waals surface area contributed by atoms with E-state index in [-0.39, 0.29) is 0 Å². The van der Waals surface area contributed by atoms with Gasteiger partial charge in [-0.25, -0.2) is 0 Å². The van der Waals surface area contributed by atoms with Gasteiger partial charge in [-0.1, -0.05) is 6.08 Å². The zero-order chi connectivity index (χ0) is 8.81. The van der Waals surface area contributed by atoms with E-state index in [1.54, 1.807) is 0 Å². The summed E-state index contributed by atoms with van der Waals surface area (Å²) in [4.78, 5) is 0. The molecule has 0 radical (unpaired) electrons. The van der Waals surface area contributed by atoms with E-state index in [0.29, 0.717) is 18.7 Å². The Bertz CT molecular complexity index is 132. The van der Waals surface area contributed by atoms with E-state index in [2.05, 4.69) is 11.9 Å². The van der Waals surface area contributed by atoms with Gasteiger partial charge in [0.05, 0.1) is 6.10 Å². The average molecular weight is 170 g/mol. The van der Waals surface area contributed by atoms with Gasteiger partial charge < -0.3 is 15.8 Å². The fourth-order valence-electron chi connectivity index (χ4n) is 1.52. The van der Waals surface area contributed by atoms with Gasteiger partial charge in [0.25, 0.3) is 0 Å². The molecule has 3 heteroatoms. The minimum Gasteiger partial charge on any atom is -0.377 e. The lowest BCUT2D eigenvalue weighted by Gasteiger charge is -2.21. The third-order valence-electron chi connectivity index (χ3n) is 2.19. The fourth-order valence-corrected chi connectivity index (χ4v) is 1.52. The van der Waals surface area contributed by atoms with Crippen molar-refractivity contribution in [3.63, 3.8) is 0 Å². The van der Waals surface area contributed by atoms with Crippen LogP contribution in [0.4, 0.5) is 0 Å². The van der Waals surface area contributed by atoms with Crippen molar-refractivity contribution in [3.8, 4) is 0 Å². The molecule has 1 heterocycles. The van der Waals surface area contributed by atoms with Crippen LogP contribution in [0.15, 0.2) is 12.7 Å². The second-order valence-electron chi connectivity index (χ2n) is 3.09. The number of hydrogen-bond acceptors (Lipinski definition) is 3. The molecule has 0 amide bonds. The van der Waals surface area contributed by atoms with E-state index in [9.17, 15) is 0 Å². The summed E-state index contributed by atoms with van der Waals surface area (Å²) in [6.45, 7) is 5.98. The number of hydrogen-bond donors (Lipinski definition) is 2. The van der Waals surface area contributed by atoms with Gasteiger partial charge in [-0.15, -0.1) is 6.58 Å². The van der Waals surface area contributed by atoms with Crippen molar-refractivity contribution in [3.05, 3.63) is 12.7 Å². The molecule has 1 rings (SSSR count). The highest BCUT2D eigenvalue weighted by atomic mass is 16.5. The molecular weight excluding hydrogens is 152 g/mol. The minimum atomic E-state index is 0.297. The van der Waals surface area contributed by atoms with Crippen molar-refractivity contribution in [1.82, 2.24) is 5.32 Å². The lowest BCUT2D eigenvalue weighted by molar-refractivity contribution is 0.0819. The van der Waals surface area contributed by atoms with Gasteiger partial charge in [-0.2, -0.15) is 0 Å². The summed E-state index contributed by atoms with van der Waals surface area (Å²) in [7, 11) is 0. The number of nitrogens with two attached hydrogens (primary N) is 1. The average Bonchev–Trinajstić information content (AvgIpc) is 2.59. The van der Waals surface area contributed by atoms with E-state index in [1.807, 2.05) is 6.08 Å². The van der Waals surface area contributed by atoms with Crippen molar-refractivity contribution in [1.29, 1.82) is 0 Å². The predicted octanol–water partition coefficient (Wildman–Crippen LogP) is 0.268. The summed E-state index contributed by atoms with van der Waals surface area (Å²) < 4.78 is 5.53. The first-order valence-electron chi connectivity index (χ1n) is 4.54. The van der Waals surface area contributed by atoms with Crippen molar-refractivity contribution in [2.75, 3.05) is 19.7 Å². The molecule has 1 saturated heterocycles. The van der Waals surface area contributed by atoms with Crippen molar-refractivity contribution in [2.24, 2.45) is 5.73 Å². The van der Waals surface area contributed by atoms with Gasteiger partial charge >= 0.3 is 0 Å². The van der Waals surface area contributed by atoms with E-state index < -0.39 is 0 Å². The van der Waals surface area contributed by atoms with Gasteiger partial charge in [0.15, 0.2) is 0 Å². The number of ether oxygens (including phenoxy) is 1. The largest absolute Gasteiger partial charge is 0.377 e. The first-order chi connectivity index (χ1) is 5.88. The van der Waals surface area contributed by atoms with Crippen LogP contribution in [0, 0.1) is 0 Å². The van der Waals surface area contributed by atoms with Gasteiger partial charge in [0.1, 0.15) is 0 Å². The Hall–Kier alpha value is -0.380. The Kier molecular flexibility index (Phi) is 4.29. The molecule has 3 N–H and O–H groups in total. The molecule has 1 aliphatic heterocycles. The Balaban J connectivity index is 2.27. The molecule has 0 spiro atoms. The third kappa shape index (κ3) is 2.59. The van der Waals surface area contributed by atoms with Crippen LogP contribution in [0.25, 0.3) is 0 Å². The predicted molar refractivity (Wildman–Crippen MR) is 50.0 cm³/mol. The summed E-state index contributed by atoms with van der Waals surface area (Å²) in [6.07, 6.45) is 4.45. The Labute approximate surface area is 74.0 Å². The number of nitrogens with one attached hydrogen (secondary N) is 1. The van der Waals surface area contributed by atoms with Gasteiger partial charge in [0.2, 0.25) is 0 Å². The molecule has 3 nitrogen and oxygen atoms in total. The van der Waals surface area contributed by atoms with Gasteiger partial charge in [-0.3, -0.25) is 0 Å². The maximum absolute atomic E-state index is 5.62. The van der Waals surface area contributed by atoms with E-state index >= 15 is 0 Å². The van der Waals surface area contributed by atoms with Crippen molar-refractivity contribution < 1.29 is 4.74 Å². The highest BCUT2D eigenvalue weighted by Crippen LogP contribution is 2.14. The molecule has 0 aromatic heterocycles. The normalized spacial score (nSPS) is 25.6. The lowest BCUT2D eigenvalue weighted by atomic mass is 10.1. The Morgan fingerprint density at radius 2 is 2.58 bits per heavy atom. The number of rotatable bonds is 5. The molecule has 70 valence electrons. The molecule has 0 aromatic carbocycles. The summed E-state index contributed by atoms with van der Waals surface area (Å²) in [6, 6.07) is 0.297. The van der Waals surface area contributed by atoms with Gasteiger partial charge in [0, 0.05) is 25.7 Å². The molecule has 2 unspecified atom stereocenters. The summed E-state index contributed by atoms with van der Waals surface area (Å²) in [5, 5.41) is 3.29. The van der Waals surface area contributed by atoms with Crippen LogP contribution in [-0.2, 0) is 4.74 Å². The topological polar surface area (TPSA) is 47.3 Å². The van der Waals surface area contributed by atoms with E-state index in [4.69, 9.17) is 10.5 Å². The highest BCUT2D eigenvalue weighted by Gasteiger charge is 2.23.